The van der Waals surface area contributed by atoms with Gasteiger partial charge in [0, 0.05) is 56.7 Å². The molecule has 10 nitrogen and oxygen atoms in total. The van der Waals surface area contributed by atoms with Gasteiger partial charge in [0.25, 0.3) is 27.0 Å². The van der Waals surface area contributed by atoms with Crippen LogP contribution in [0.2, 0.25) is 0 Å². The molecule has 266 valence electrons. The van der Waals surface area contributed by atoms with Gasteiger partial charge in [0.2, 0.25) is 0 Å². The maximum atomic E-state index is 16.0. The number of benzene rings is 1. The SMILES string of the molecule is CNN(C1=C2CC(C)C(F)(F)c3ccnc(c3)C(=O)[C@@]3(C2)C[C@@H](N(C2CC(F)(F)C2)S(=O)(=O)c2ncn(C)n2)CCC3=C1)c1ccc(F)cc1. The number of ketones is 1. The average molecular weight is 718 g/mol. The number of rotatable bonds is 7. The number of hydrogen-bond donors (Lipinski definition) is 1. The van der Waals surface area contributed by atoms with Gasteiger partial charge in [-0.3, -0.25) is 19.5 Å². The van der Waals surface area contributed by atoms with E-state index in [-0.39, 0.29) is 43.4 Å². The van der Waals surface area contributed by atoms with Crippen LogP contribution in [0.25, 0.3) is 0 Å². The highest BCUT2D eigenvalue weighted by Crippen LogP contribution is 2.56. The monoisotopic (exact) mass is 717 g/mol. The molecule has 50 heavy (non-hydrogen) atoms. The number of pyridine rings is 1. The van der Waals surface area contributed by atoms with E-state index in [0.29, 0.717) is 22.5 Å². The van der Waals surface area contributed by atoms with E-state index in [2.05, 4.69) is 20.5 Å². The van der Waals surface area contributed by atoms with E-state index in [0.717, 1.165) is 10.4 Å². The van der Waals surface area contributed by atoms with Crippen LogP contribution in [0.3, 0.4) is 0 Å². The standard InChI is InChI=1S/C34H36F5N7O3S/c1-20-12-21-15-32(30(47)28-13-23(10-11-41-28)34(20,38)39)16-26(7-4-22(32)14-29(21)45(40-2)25-8-5-24(35)6-9-25)46(27-17-33(36,37)18-27)50(48,49)31-42-19-44(3)43-31/h5-6,8-11,13-14,19-20,26-27,40H,4,7,12,15-18H2,1-3H3/t20?,26-,32-/m0/s1. The summed E-state index contributed by atoms with van der Waals surface area (Å²) in [6.07, 6.45) is 2.86. The van der Waals surface area contributed by atoms with Crippen LogP contribution in [0.1, 0.15) is 67.9 Å². The summed E-state index contributed by atoms with van der Waals surface area (Å²) < 4.78 is 105. The predicted molar refractivity (Wildman–Crippen MR) is 172 cm³/mol. The number of allylic oxidation sites excluding steroid dienone is 3. The Kier molecular flexibility index (Phi) is 8.30. The van der Waals surface area contributed by atoms with Crippen molar-refractivity contribution in [2.45, 2.75) is 81.0 Å². The first-order valence-corrected chi connectivity index (χ1v) is 17.8. The number of aryl methyl sites for hydroxylation is 1. The lowest BCUT2D eigenvalue weighted by molar-refractivity contribution is -0.116. The van der Waals surface area contributed by atoms with Crippen LogP contribution >= 0.6 is 0 Å². The van der Waals surface area contributed by atoms with Crippen molar-refractivity contribution in [3.05, 3.63) is 88.9 Å². The van der Waals surface area contributed by atoms with Crippen molar-refractivity contribution in [3.8, 4) is 0 Å². The highest BCUT2D eigenvalue weighted by Gasteiger charge is 2.58. The molecule has 0 amide bonds. The molecule has 3 atom stereocenters. The molecule has 7 rings (SSSR count). The summed E-state index contributed by atoms with van der Waals surface area (Å²) in [5, 5.41) is 5.09. The maximum Gasteiger partial charge on any atom is 0.282 e. The maximum absolute atomic E-state index is 16.0. The van der Waals surface area contributed by atoms with Crippen LogP contribution in [-0.4, -0.2) is 63.3 Å². The van der Waals surface area contributed by atoms with Gasteiger partial charge in [-0.25, -0.2) is 40.8 Å². The zero-order valence-electron chi connectivity index (χ0n) is 27.6. The van der Waals surface area contributed by atoms with Crippen molar-refractivity contribution in [1.29, 1.82) is 0 Å². The number of carbonyl (C=O) groups is 1. The molecule has 1 N–H and O–H groups in total. The molecule has 1 spiro atoms. The number of nitrogens with one attached hydrogen (secondary N) is 1. The van der Waals surface area contributed by atoms with E-state index >= 15 is 8.78 Å². The average Bonchev–Trinajstić information content (AvgIpc) is 3.51. The van der Waals surface area contributed by atoms with Crippen LogP contribution in [0.4, 0.5) is 27.6 Å². The van der Waals surface area contributed by atoms with Gasteiger partial charge < -0.3 is 0 Å². The largest absolute Gasteiger partial charge is 0.291 e. The molecule has 3 aromatic rings. The minimum atomic E-state index is -4.50. The van der Waals surface area contributed by atoms with Gasteiger partial charge in [0.15, 0.2) is 5.78 Å². The lowest BCUT2D eigenvalue weighted by atomic mass is 9.59. The molecule has 4 bridgehead atoms. The molecule has 4 aliphatic rings. The summed E-state index contributed by atoms with van der Waals surface area (Å²) in [7, 11) is -1.38. The highest BCUT2D eigenvalue weighted by molar-refractivity contribution is 7.89. The first-order chi connectivity index (χ1) is 23.6. The first-order valence-electron chi connectivity index (χ1n) is 16.4. The fraction of sp³-hybridized carbons (Fsp3) is 0.471. The van der Waals surface area contributed by atoms with Gasteiger partial charge in [-0.1, -0.05) is 12.5 Å². The van der Waals surface area contributed by atoms with Crippen LogP contribution in [0, 0.1) is 17.2 Å². The lowest BCUT2D eigenvalue weighted by Crippen LogP contribution is -2.59. The number of sulfonamides is 1. The molecular weight excluding hydrogens is 681 g/mol. The van der Waals surface area contributed by atoms with Crippen LogP contribution in [0.5, 0.6) is 0 Å². The number of anilines is 1. The van der Waals surface area contributed by atoms with E-state index in [9.17, 15) is 26.4 Å². The minimum absolute atomic E-state index is 0.0498. The van der Waals surface area contributed by atoms with Gasteiger partial charge in [-0.2, -0.15) is 4.31 Å². The fourth-order valence-corrected chi connectivity index (χ4v) is 9.77. The van der Waals surface area contributed by atoms with Crippen molar-refractivity contribution in [2.24, 2.45) is 18.4 Å². The Bertz CT molecular complexity index is 2010. The number of hydrazine groups is 1. The molecule has 2 fully saturated rings. The second kappa shape index (κ2) is 12.0. The molecule has 2 saturated carbocycles. The molecule has 4 aliphatic carbocycles. The van der Waals surface area contributed by atoms with E-state index in [1.807, 2.05) is 0 Å². The normalized spacial score (nSPS) is 26.3. The molecule has 2 aromatic heterocycles. The third kappa shape index (κ3) is 5.64. The fourth-order valence-electron chi connectivity index (χ4n) is 8.05. The smallest absolute Gasteiger partial charge is 0.282 e. The van der Waals surface area contributed by atoms with Crippen LogP contribution in [0.15, 0.2) is 77.0 Å². The molecule has 1 unspecified atom stereocenters. The number of halogens is 5. The molecule has 0 saturated heterocycles. The Labute approximate surface area is 286 Å². The third-order valence-electron chi connectivity index (χ3n) is 10.5. The molecule has 16 heteroatoms. The van der Waals surface area contributed by atoms with Crippen molar-refractivity contribution in [2.75, 3.05) is 12.1 Å². The van der Waals surface area contributed by atoms with Gasteiger partial charge in [-0.05, 0) is 80.2 Å². The van der Waals surface area contributed by atoms with Gasteiger partial charge >= 0.3 is 0 Å². The lowest BCUT2D eigenvalue weighted by Gasteiger charge is -2.51. The first kappa shape index (κ1) is 34.4. The number of aromatic nitrogens is 4. The summed E-state index contributed by atoms with van der Waals surface area (Å²) in [5.41, 5.74) is 3.25. The molecule has 1 aromatic carbocycles. The number of hydrogen-bond acceptors (Lipinski definition) is 8. The highest BCUT2D eigenvalue weighted by atomic mass is 32.2. The number of Topliss-reactive ketones (excluding diaryl/α,β-unsaturated/α-hetero) is 1. The van der Waals surface area contributed by atoms with E-state index in [4.69, 9.17) is 0 Å². The number of alkyl halides is 4. The number of carbonyl (C=O) groups excluding carboxylic acids is 1. The Morgan fingerprint density at radius 2 is 1.74 bits per heavy atom. The Morgan fingerprint density at radius 3 is 2.38 bits per heavy atom. The summed E-state index contributed by atoms with van der Waals surface area (Å²) in [6.45, 7) is 1.43. The van der Waals surface area contributed by atoms with Crippen molar-refractivity contribution in [1.82, 2.24) is 29.5 Å². The van der Waals surface area contributed by atoms with Gasteiger partial charge in [0.05, 0.1) is 16.8 Å². The quantitative estimate of drug-likeness (QED) is 0.237. The van der Waals surface area contributed by atoms with Crippen molar-refractivity contribution < 1.29 is 35.2 Å². The van der Waals surface area contributed by atoms with E-state index in [1.54, 1.807) is 18.1 Å². The topological polar surface area (TPSA) is 113 Å². The molecule has 0 aliphatic heterocycles. The molecule has 2 heterocycles. The zero-order valence-corrected chi connectivity index (χ0v) is 28.4. The Balaban J connectivity index is 1.39. The summed E-state index contributed by atoms with van der Waals surface area (Å²) >= 11 is 0. The molecule has 0 radical (unpaired) electrons. The Morgan fingerprint density at radius 1 is 1.02 bits per heavy atom. The number of fused-ring (bicyclic) bond motifs is 3. The van der Waals surface area contributed by atoms with Crippen molar-refractivity contribution >= 4 is 21.5 Å². The van der Waals surface area contributed by atoms with Gasteiger partial charge in [-0.15, -0.1) is 5.10 Å². The third-order valence-corrected chi connectivity index (χ3v) is 12.3. The molecular formula is C34H36F5N7O3S. The van der Waals surface area contributed by atoms with Gasteiger partial charge in [0.1, 0.15) is 17.8 Å². The van der Waals surface area contributed by atoms with Crippen LogP contribution in [-0.2, 0) is 23.0 Å². The van der Waals surface area contributed by atoms with Crippen molar-refractivity contribution in [3.63, 3.8) is 0 Å². The summed E-state index contributed by atoms with van der Waals surface area (Å²) in [5.74, 6) is -8.65. The summed E-state index contributed by atoms with van der Waals surface area (Å²) in [4.78, 5) is 23.0. The second-order valence-corrected chi connectivity index (χ2v) is 15.5. The van der Waals surface area contributed by atoms with Crippen LogP contribution < -0.4 is 10.4 Å². The minimum Gasteiger partial charge on any atom is -0.291 e. The van der Waals surface area contributed by atoms with E-state index in [1.165, 1.54) is 61.5 Å². The Hall–Kier alpha value is -4.02. The summed E-state index contributed by atoms with van der Waals surface area (Å²) in [6, 6.07) is 5.94. The second-order valence-electron chi connectivity index (χ2n) is 13.8. The zero-order chi connectivity index (χ0) is 35.8. The number of nitrogens with zero attached hydrogens (tertiary/aromatic N) is 6. The van der Waals surface area contributed by atoms with E-state index < -0.39 is 74.9 Å². The predicted octanol–water partition coefficient (Wildman–Crippen LogP) is 5.92.